The van der Waals surface area contributed by atoms with Crippen molar-refractivity contribution < 1.29 is 9.47 Å². The lowest BCUT2D eigenvalue weighted by Gasteiger charge is -2.34. The zero-order valence-corrected chi connectivity index (χ0v) is 19.2. The zero-order chi connectivity index (χ0) is 18.0. The maximum atomic E-state index is 5.52. The fourth-order valence-corrected chi connectivity index (χ4v) is 4.21. The summed E-state index contributed by atoms with van der Waals surface area (Å²) >= 11 is 1.82. The van der Waals surface area contributed by atoms with Crippen LogP contribution in [0.4, 0.5) is 0 Å². The van der Waals surface area contributed by atoms with Crippen LogP contribution in [0.25, 0.3) is 0 Å². The van der Waals surface area contributed by atoms with Crippen LogP contribution < -0.4 is 10.6 Å². The number of ether oxygens (including phenoxy) is 2. The number of hydrogen-bond donors (Lipinski definition) is 2. The van der Waals surface area contributed by atoms with Crippen LogP contribution in [0.2, 0.25) is 0 Å². The summed E-state index contributed by atoms with van der Waals surface area (Å²) in [6, 6.07) is 4.71. The quantitative estimate of drug-likeness (QED) is 0.328. The van der Waals surface area contributed by atoms with Crippen molar-refractivity contribution in [3.8, 4) is 0 Å². The molecule has 3 rings (SSSR count). The van der Waals surface area contributed by atoms with E-state index >= 15 is 0 Å². The standard InChI is InChI=1S/C18H31N5O2S.HI/c1-19-18(20-4-5-22-6-10-24-11-7-22)21-15-16(17-3-2-14-26-17)23-8-12-25-13-9-23;/h2-3,14,16H,4-13,15H2,1H3,(H2,19,20,21);1H. The van der Waals surface area contributed by atoms with Gasteiger partial charge in [0.2, 0.25) is 0 Å². The third kappa shape index (κ3) is 7.47. The highest BCUT2D eigenvalue weighted by Crippen LogP contribution is 2.25. The first-order valence-electron chi connectivity index (χ1n) is 9.46. The second-order valence-electron chi connectivity index (χ2n) is 6.51. The summed E-state index contributed by atoms with van der Waals surface area (Å²) in [6.07, 6.45) is 0. The number of guanidine groups is 1. The molecule has 2 aliphatic rings. The van der Waals surface area contributed by atoms with Gasteiger partial charge in [-0.05, 0) is 11.4 Å². The van der Waals surface area contributed by atoms with E-state index < -0.39 is 0 Å². The van der Waals surface area contributed by atoms with E-state index in [0.29, 0.717) is 6.04 Å². The molecule has 0 bridgehead atoms. The average Bonchev–Trinajstić information content (AvgIpc) is 3.23. The lowest BCUT2D eigenvalue weighted by Crippen LogP contribution is -2.47. The SMILES string of the molecule is CN=C(NCCN1CCOCC1)NCC(c1cccs1)N1CCOCC1.I. The van der Waals surface area contributed by atoms with Gasteiger partial charge in [0.1, 0.15) is 0 Å². The molecule has 9 heteroatoms. The molecular weight excluding hydrogens is 477 g/mol. The third-order valence-corrected chi connectivity index (χ3v) is 5.84. The second kappa shape index (κ2) is 12.9. The summed E-state index contributed by atoms with van der Waals surface area (Å²) < 4.78 is 10.9. The lowest BCUT2D eigenvalue weighted by atomic mass is 10.2. The van der Waals surface area contributed by atoms with Crippen LogP contribution in [0, 0.1) is 0 Å². The van der Waals surface area contributed by atoms with Gasteiger partial charge < -0.3 is 20.1 Å². The number of halogens is 1. The number of nitrogens with one attached hydrogen (secondary N) is 2. The first-order valence-corrected chi connectivity index (χ1v) is 10.3. The van der Waals surface area contributed by atoms with Crippen LogP contribution in [-0.4, -0.2) is 95.0 Å². The molecule has 0 radical (unpaired) electrons. The van der Waals surface area contributed by atoms with Crippen molar-refractivity contribution in [3.05, 3.63) is 22.4 Å². The predicted octanol–water partition coefficient (Wildman–Crippen LogP) is 1.24. The molecule has 0 saturated carbocycles. The van der Waals surface area contributed by atoms with E-state index in [9.17, 15) is 0 Å². The van der Waals surface area contributed by atoms with Crippen LogP contribution in [0.15, 0.2) is 22.5 Å². The molecule has 0 spiro atoms. The van der Waals surface area contributed by atoms with Crippen molar-refractivity contribution in [2.75, 3.05) is 79.3 Å². The van der Waals surface area contributed by atoms with Crippen LogP contribution in [-0.2, 0) is 9.47 Å². The minimum atomic E-state index is 0. The van der Waals surface area contributed by atoms with E-state index in [2.05, 4.69) is 42.9 Å². The van der Waals surface area contributed by atoms with E-state index in [1.54, 1.807) is 0 Å². The van der Waals surface area contributed by atoms with Gasteiger partial charge in [-0.25, -0.2) is 0 Å². The average molecular weight is 509 g/mol. The molecule has 27 heavy (non-hydrogen) atoms. The monoisotopic (exact) mass is 509 g/mol. The van der Waals surface area contributed by atoms with Crippen molar-refractivity contribution in [2.45, 2.75) is 6.04 Å². The van der Waals surface area contributed by atoms with Crippen molar-refractivity contribution in [1.29, 1.82) is 0 Å². The van der Waals surface area contributed by atoms with Crippen molar-refractivity contribution in [3.63, 3.8) is 0 Å². The van der Waals surface area contributed by atoms with Gasteiger partial charge in [-0.15, -0.1) is 35.3 Å². The molecule has 2 N–H and O–H groups in total. The number of thiophene rings is 1. The minimum absolute atomic E-state index is 0. The first-order chi connectivity index (χ1) is 12.9. The molecule has 2 fully saturated rings. The molecule has 2 aliphatic heterocycles. The highest BCUT2D eigenvalue weighted by Gasteiger charge is 2.23. The Bertz CT molecular complexity index is 534. The molecule has 1 aromatic heterocycles. The van der Waals surface area contributed by atoms with E-state index in [-0.39, 0.29) is 24.0 Å². The van der Waals surface area contributed by atoms with Gasteiger partial charge >= 0.3 is 0 Å². The maximum absolute atomic E-state index is 5.52. The predicted molar refractivity (Wildman–Crippen MR) is 121 cm³/mol. The van der Waals surface area contributed by atoms with E-state index in [4.69, 9.17) is 9.47 Å². The van der Waals surface area contributed by atoms with Crippen LogP contribution in [0.5, 0.6) is 0 Å². The van der Waals surface area contributed by atoms with Gasteiger partial charge in [0.15, 0.2) is 5.96 Å². The minimum Gasteiger partial charge on any atom is -0.379 e. The summed E-state index contributed by atoms with van der Waals surface area (Å²) in [4.78, 5) is 10.7. The summed E-state index contributed by atoms with van der Waals surface area (Å²) in [7, 11) is 1.83. The van der Waals surface area contributed by atoms with Gasteiger partial charge in [0.25, 0.3) is 0 Å². The third-order valence-electron chi connectivity index (χ3n) is 4.87. The largest absolute Gasteiger partial charge is 0.379 e. The Hall–Kier alpha value is -0.460. The van der Waals surface area contributed by atoms with Crippen molar-refractivity contribution >= 4 is 41.3 Å². The molecule has 154 valence electrons. The highest BCUT2D eigenvalue weighted by atomic mass is 127. The molecule has 1 unspecified atom stereocenters. The molecule has 2 saturated heterocycles. The van der Waals surface area contributed by atoms with E-state index in [1.807, 2.05) is 18.4 Å². The normalized spacial score (nSPS) is 20.7. The van der Waals surface area contributed by atoms with Crippen LogP contribution in [0.1, 0.15) is 10.9 Å². The molecule has 1 atom stereocenters. The molecule has 1 aromatic rings. The fourth-order valence-electron chi connectivity index (χ4n) is 3.35. The molecule has 7 nitrogen and oxygen atoms in total. The molecule has 3 heterocycles. The van der Waals surface area contributed by atoms with Crippen LogP contribution >= 0.6 is 35.3 Å². The Balaban J connectivity index is 0.00000261. The molecule has 0 aromatic carbocycles. The second-order valence-corrected chi connectivity index (χ2v) is 7.49. The number of morpholine rings is 2. The number of nitrogens with zero attached hydrogens (tertiary/aromatic N) is 3. The van der Waals surface area contributed by atoms with Gasteiger partial charge in [-0.3, -0.25) is 14.8 Å². The first kappa shape index (κ1) is 22.8. The highest BCUT2D eigenvalue weighted by molar-refractivity contribution is 14.0. The van der Waals surface area contributed by atoms with E-state index in [0.717, 1.165) is 78.2 Å². The molecule has 0 aliphatic carbocycles. The van der Waals surface area contributed by atoms with Gasteiger partial charge in [-0.2, -0.15) is 0 Å². The van der Waals surface area contributed by atoms with Crippen molar-refractivity contribution in [1.82, 2.24) is 20.4 Å². The van der Waals surface area contributed by atoms with Crippen molar-refractivity contribution in [2.24, 2.45) is 4.99 Å². The molecule has 0 amide bonds. The fraction of sp³-hybridized carbons (Fsp3) is 0.722. The van der Waals surface area contributed by atoms with Crippen LogP contribution in [0.3, 0.4) is 0 Å². The summed E-state index contributed by atoms with van der Waals surface area (Å²) in [5, 5.41) is 9.10. The summed E-state index contributed by atoms with van der Waals surface area (Å²) in [5.41, 5.74) is 0. The summed E-state index contributed by atoms with van der Waals surface area (Å²) in [5.74, 6) is 0.869. The Kier molecular flexibility index (Phi) is 10.9. The van der Waals surface area contributed by atoms with E-state index in [1.165, 1.54) is 4.88 Å². The Morgan fingerprint density at radius 1 is 1.15 bits per heavy atom. The number of aliphatic imine (C=N–C) groups is 1. The van der Waals surface area contributed by atoms with Gasteiger partial charge in [0, 0.05) is 57.7 Å². The summed E-state index contributed by atoms with van der Waals surface area (Å²) in [6.45, 7) is 10.1. The zero-order valence-electron chi connectivity index (χ0n) is 16.1. The smallest absolute Gasteiger partial charge is 0.191 e. The van der Waals surface area contributed by atoms with Gasteiger partial charge in [0.05, 0.1) is 32.5 Å². The number of hydrogen-bond acceptors (Lipinski definition) is 6. The topological polar surface area (TPSA) is 61.4 Å². The van der Waals surface area contributed by atoms with Gasteiger partial charge in [-0.1, -0.05) is 6.07 Å². The molecular formula is C18H32IN5O2S. The maximum Gasteiger partial charge on any atom is 0.191 e. The Morgan fingerprint density at radius 3 is 2.48 bits per heavy atom. The Morgan fingerprint density at radius 2 is 1.85 bits per heavy atom. The number of rotatable bonds is 7. The Labute approximate surface area is 183 Å². The lowest BCUT2D eigenvalue weighted by molar-refractivity contribution is 0.0177.